The maximum atomic E-state index is 11.9. The quantitative estimate of drug-likeness (QED) is 0.787. The number of carbonyl (C=O) groups is 1. The molecule has 0 radical (unpaired) electrons. The first-order valence-electron chi connectivity index (χ1n) is 4.94. The average molecular weight is 227 g/mol. The number of hydrogen-bond donors (Lipinski definition) is 1. The van der Waals surface area contributed by atoms with E-state index in [9.17, 15) is 9.59 Å². The molecule has 1 aromatic heterocycles. The predicted octanol–water partition coefficient (Wildman–Crippen LogP) is 1.33. The van der Waals surface area contributed by atoms with Crippen molar-refractivity contribution < 1.29 is 9.90 Å². The number of aromatic carboxylic acids is 1. The summed E-state index contributed by atoms with van der Waals surface area (Å²) in [7, 11) is 0. The summed E-state index contributed by atoms with van der Waals surface area (Å²) in [6.45, 7) is 0.223. The van der Waals surface area contributed by atoms with E-state index in [-0.39, 0.29) is 12.1 Å². The van der Waals surface area contributed by atoms with Crippen molar-refractivity contribution in [3.8, 4) is 12.3 Å². The smallest absolute Gasteiger partial charge is 0.341 e. The number of nitrogens with zero attached hydrogens (tertiary/aromatic N) is 1. The van der Waals surface area contributed by atoms with Gasteiger partial charge in [-0.2, -0.15) is 0 Å². The van der Waals surface area contributed by atoms with E-state index >= 15 is 0 Å². The molecular formula is C13H9NO3. The van der Waals surface area contributed by atoms with Crippen molar-refractivity contribution in [1.82, 2.24) is 4.57 Å². The first-order valence-corrected chi connectivity index (χ1v) is 4.94. The summed E-state index contributed by atoms with van der Waals surface area (Å²) >= 11 is 0. The number of carboxylic acid groups (broad SMARTS) is 1. The van der Waals surface area contributed by atoms with Crippen LogP contribution in [0.15, 0.2) is 35.3 Å². The molecule has 1 aromatic carbocycles. The molecule has 1 heterocycles. The molecule has 0 saturated carbocycles. The second-order valence-corrected chi connectivity index (χ2v) is 3.53. The average Bonchev–Trinajstić information content (AvgIpc) is 2.33. The van der Waals surface area contributed by atoms with E-state index in [0.717, 1.165) is 0 Å². The highest BCUT2D eigenvalue weighted by atomic mass is 16.4. The fourth-order valence-electron chi connectivity index (χ4n) is 1.73. The van der Waals surface area contributed by atoms with E-state index in [1.807, 2.05) is 0 Å². The maximum Gasteiger partial charge on any atom is 0.341 e. The summed E-state index contributed by atoms with van der Waals surface area (Å²) in [5.41, 5.74) is -0.110. The minimum Gasteiger partial charge on any atom is -0.477 e. The van der Waals surface area contributed by atoms with Crippen LogP contribution in [0, 0.1) is 12.3 Å². The van der Waals surface area contributed by atoms with E-state index in [4.69, 9.17) is 11.5 Å². The summed E-state index contributed by atoms with van der Waals surface area (Å²) in [4.78, 5) is 22.8. The number of terminal acetylenes is 1. The van der Waals surface area contributed by atoms with Gasteiger partial charge in [-0.25, -0.2) is 4.79 Å². The topological polar surface area (TPSA) is 59.3 Å². The zero-order chi connectivity index (χ0) is 12.4. The van der Waals surface area contributed by atoms with Gasteiger partial charge in [-0.3, -0.25) is 4.79 Å². The molecule has 4 heteroatoms. The molecule has 0 saturated heterocycles. The second kappa shape index (κ2) is 4.14. The van der Waals surface area contributed by atoms with Gasteiger partial charge in [0.1, 0.15) is 5.56 Å². The van der Waals surface area contributed by atoms with Gasteiger partial charge in [-0.15, -0.1) is 6.42 Å². The number of pyridine rings is 1. The molecule has 0 unspecified atom stereocenters. The van der Waals surface area contributed by atoms with Crippen molar-refractivity contribution >= 4 is 16.9 Å². The number of rotatable bonds is 2. The predicted molar refractivity (Wildman–Crippen MR) is 64.0 cm³/mol. The van der Waals surface area contributed by atoms with Crippen molar-refractivity contribution in [3.63, 3.8) is 0 Å². The molecule has 0 spiro atoms. The van der Waals surface area contributed by atoms with Gasteiger partial charge in [-0.1, -0.05) is 18.1 Å². The summed E-state index contributed by atoms with van der Waals surface area (Å²) in [5.74, 6) is 1.19. The lowest BCUT2D eigenvalue weighted by Gasteiger charge is -2.08. The molecule has 0 fully saturated rings. The molecule has 2 aromatic rings. The SMILES string of the molecule is C#CCn1cc(C(=O)O)c(=O)c2ccccc21. The van der Waals surface area contributed by atoms with Gasteiger partial charge in [-0.05, 0) is 12.1 Å². The first kappa shape index (κ1) is 11.0. The van der Waals surface area contributed by atoms with Gasteiger partial charge < -0.3 is 9.67 Å². The van der Waals surface area contributed by atoms with Crippen molar-refractivity contribution in [2.45, 2.75) is 6.54 Å². The van der Waals surface area contributed by atoms with Gasteiger partial charge >= 0.3 is 5.97 Å². The molecule has 1 N–H and O–H groups in total. The number of aromatic nitrogens is 1. The molecule has 0 aliphatic carbocycles. The number of fused-ring (bicyclic) bond motifs is 1. The maximum absolute atomic E-state index is 11.9. The van der Waals surface area contributed by atoms with Crippen LogP contribution in [0.5, 0.6) is 0 Å². The normalized spacial score (nSPS) is 10.1. The molecule has 0 bridgehead atoms. The van der Waals surface area contributed by atoms with Crippen molar-refractivity contribution in [2.24, 2.45) is 0 Å². The minimum atomic E-state index is -1.24. The van der Waals surface area contributed by atoms with Crippen molar-refractivity contribution in [2.75, 3.05) is 0 Å². The third kappa shape index (κ3) is 1.79. The number of carboxylic acids is 1. The van der Waals surface area contributed by atoms with Crippen LogP contribution in [0.3, 0.4) is 0 Å². The Labute approximate surface area is 97.1 Å². The molecule has 0 atom stereocenters. The van der Waals surface area contributed by atoms with Crippen LogP contribution in [-0.2, 0) is 6.54 Å². The Hall–Kier alpha value is -2.54. The van der Waals surface area contributed by atoms with Crippen LogP contribution in [0.4, 0.5) is 0 Å². The Morgan fingerprint density at radius 3 is 2.76 bits per heavy atom. The van der Waals surface area contributed by atoms with Gasteiger partial charge in [0.25, 0.3) is 0 Å². The third-order valence-corrected chi connectivity index (χ3v) is 2.48. The molecule has 0 aliphatic heterocycles. The van der Waals surface area contributed by atoms with Crippen LogP contribution in [0.1, 0.15) is 10.4 Å². The summed E-state index contributed by atoms with van der Waals surface area (Å²) in [5, 5.41) is 9.32. The molecule has 2 rings (SSSR count). The van der Waals surface area contributed by atoms with Crippen LogP contribution >= 0.6 is 0 Å². The Morgan fingerprint density at radius 1 is 1.41 bits per heavy atom. The Morgan fingerprint density at radius 2 is 2.12 bits per heavy atom. The Balaban J connectivity index is 2.91. The fourth-order valence-corrected chi connectivity index (χ4v) is 1.73. The Bertz CT molecular complexity index is 692. The molecule has 4 nitrogen and oxygen atoms in total. The standard InChI is InChI=1S/C13H9NO3/c1-2-7-14-8-10(13(16)17)12(15)9-5-3-4-6-11(9)14/h1,3-6,8H,7H2,(H,16,17). The van der Waals surface area contributed by atoms with E-state index in [0.29, 0.717) is 10.9 Å². The van der Waals surface area contributed by atoms with E-state index in [2.05, 4.69) is 5.92 Å². The zero-order valence-corrected chi connectivity index (χ0v) is 8.88. The third-order valence-electron chi connectivity index (χ3n) is 2.48. The zero-order valence-electron chi connectivity index (χ0n) is 8.88. The highest BCUT2D eigenvalue weighted by Gasteiger charge is 2.13. The lowest BCUT2D eigenvalue weighted by Crippen LogP contribution is -2.18. The number of para-hydroxylation sites is 1. The largest absolute Gasteiger partial charge is 0.477 e. The van der Waals surface area contributed by atoms with Gasteiger partial charge in [0.2, 0.25) is 5.43 Å². The van der Waals surface area contributed by atoms with Crippen molar-refractivity contribution in [1.29, 1.82) is 0 Å². The number of hydrogen-bond acceptors (Lipinski definition) is 2. The van der Waals surface area contributed by atoms with Crippen LogP contribution in [-0.4, -0.2) is 15.6 Å². The summed E-state index contributed by atoms with van der Waals surface area (Å²) in [6.07, 6.45) is 6.50. The van der Waals surface area contributed by atoms with E-state index < -0.39 is 11.4 Å². The molecule has 84 valence electrons. The summed E-state index contributed by atoms with van der Waals surface area (Å²) in [6, 6.07) is 6.79. The highest BCUT2D eigenvalue weighted by molar-refractivity contribution is 5.92. The van der Waals surface area contributed by atoms with Gasteiger partial charge in [0, 0.05) is 11.6 Å². The Kier molecular flexibility index (Phi) is 2.67. The molecule has 17 heavy (non-hydrogen) atoms. The fraction of sp³-hybridized carbons (Fsp3) is 0.0769. The summed E-state index contributed by atoms with van der Waals surface area (Å²) < 4.78 is 1.58. The van der Waals surface area contributed by atoms with Gasteiger partial charge in [0.15, 0.2) is 0 Å². The lowest BCUT2D eigenvalue weighted by atomic mass is 10.1. The first-order chi connectivity index (χ1) is 8.15. The van der Waals surface area contributed by atoms with E-state index in [1.165, 1.54) is 6.20 Å². The van der Waals surface area contributed by atoms with Crippen LogP contribution in [0.25, 0.3) is 10.9 Å². The van der Waals surface area contributed by atoms with Gasteiger partial charge in [0.05, 0.1) is 12.1 Å². The molecule has 0 aliphatic rings. The van der Waals surface area contributed by atoms with Crippen molar-refractivity contribution in [3.05, 3.63) is 46.2 Å². The number of benzene rings is 1. The van der Waals surface area contributed by atoms with Crippen LogP contribution < -0.4 is 5.43 Å². The highest BCUT2D eigenvalue weighted by Crippen LogP contribution is 2.11. The van der Waals surface area contributed by atoms with E-state index in [1.54, 1.807) is 28.8 Å². The van der Waals surface area contributed by atoms with Crippen LogP contribution in [0.2, 0.25) is 0 Å². The molecule has 0 amide bonds. The lowest BCUT2D eigenvalue weighted by molar-refractivity contribution is 0.0695. The monoisotopic (exact) mass is 227 g/mol. The second-order valence-electron chi connectivity index (χ2n) is 3.53. The minimum absolute atomic E-state index is 0.223. The molecular weight excluding hydrogens is 218 g/mol.